The first-order chi connectivity index (χ1) is 13.0. The van der Waals surface area contributed by atoms with Gasteiger partial charge in [-0.1, -0.05) is 12.1 Å². The van der Waals surface area contributed by atoms with Crippen LogP contribution in [0, 0.1) is 5.82 Å². The second kappa shape index (κ2) is 8.61. The fourth-order valence-electron chi connectivity index (χ4n) is 2.90. The summed E-state index contributed by atoms with van der Waals surface area (Å²) in [6.45, 7) is -0.794. The van der Waals surface area contributed by atoms with Crippen LogP contribution in [0.1, 0.15) is 5.56 Å². The molecule has 1 N–H and O–H groups in total. The molecule has 0 atom stereocenters. The largest absolute Gasteiger partial charge is 0.435 e. The van der Waals surface area contributed by atoms with Crippen molar-refractivity contribution < 1.29 is 22.7 Å². The zero-order valence-electron chi connectivity index (χ0n) is 14.4. The second-order valence-corrected chi connectivity index (χ2v) is 5.99. The molecular weight excluding hydrogens is 361 g/mol. The summed E-state index contributed by atoms with van der Waals surface area (Å²) in [7, 11) is 0. The van der Waals surface area contributed by atoms with E-state index >= 15 is 0 Å². The van der Waals surface area contributed by atoms with Crippen LogP contribution < -0.4 is 15.0 Å². The van der Waals surface area contributed by atoms with E-state index in [9.17, 15) is 18.0 Å². The SMILES string of the molecule is O=C(NCc1cccc(OC(F)F)c1)N1CCN(c2ccncc2F)CC1. The molecule has 0 radical (unpaired) electrons. The van der Waals surface area contributed by atoms with E-state index in [1.165, 1.54) is 24.5 Å². The average Bonchev–Trinajstić information content (AvgIpc) is 2.66. The molecule has 1 aromatic carbocycles. The Morgan fingerprint density at radius 3 is 2.70 bits per heavy atom. The van der Waals surface area contributed by atoms with Crippen LogP contribution in [0.15, 0.2) is 42.7 Å². The predicted octanol–water partition coefficient (Wildman–Crippen LogP) is 2.85. The lowest BCUT2D eigenvalue weighted by atomic mass is 10.2. The van der Waals surface area contributed by atoms with Crippen LogP contribution in [-0.2, 0) is 6.54 Å². The molecule has 1 fully saturated rings. The number of hydrogen-bond acceptors (Lipinski definition) is 4. The molecule has 9 heteroatoms. The zero-order valence-corrected chi connectivity index (χ0v) is 14.4. The Morgan fingerprint density at radius 2 is 2.00 bits per heavy atom. The minimum absolute atomic E-state index is 0.0461. The highest BCUT2D eigenvalue weighted by molar-refractivity contribution is 5.74. The molecule has 0 spiro atoms. The molecule has 1 aromatic heterocycles. The van der Waals surface area contributed by atoms with Crippen molar-refractivity contribution in [2.75, 3.05) is 31.1 Å². The highest BCUT2D eigenvalue weighted by atomic mass is 19.3. The van der Waals surface area contributed by atoms with E-state index in [4.69, 9.17) is 0 Å². The minimum Gasteiger partial charge on any atom is -0.435 e. The molecule has 3 rings (SSSR count). The van der Waals surface area contributed by atoms with Crippen LogP contribution in [-0.4, -0.2) is 48.7 Å². The predicted molar refractivity (Wildman–Crippen MR) is 93.3 cm³/mol. The van der Waals surface area contributed by atoms with Gasteiger partial charge in [0.25, 0.3) is 0 Å². The summed E-state index contributed by atoms with van der Waals surface area (Å²) in [5, 5.41) is 2.76. The van der Waals surface area contributed by atoms with E-state index in [2.05, 4.69) is 15.0 Å². The highest BCUT2D eigenvalue weighted by Gasteiger charge is 2.22. The van der Waals surface area contributed by atoms with Crippen LogP contribution in [0.5, 0.6) is 5.75 Å². The number of amides is 2. The van der Waals surface area contributed by atoms with Crippen LogP contribution in [0.25, 0.3) is 0 Å². The maximum atomic E-state index is 13.8. The fraction of sp³-hybridized carbons (Fsp3) is 0.333. The van der Waals surface area contributed by atoms with Gasteiger partial charge in [0.2, 0.25) is 0 Å². The molecular formula is C18H19F3N4O2. The van der Waals surface area contributed by atoms with Gasteiger partial charge >= 0.3 is 12.6 Å². The Kier molecular flexibility index (Phi) is 6.00. The summed E-state index contributed by atoms with van der Waals surface area (Å²) in [6, 6.07) is 7.53. The van der Waals surface area contributed by atoms with Crippen molar-refractivity contribution in [3.8, 4) is 5.75 Å². The standard InChI is InChI=1S/C18H19F3N4O2/c19-15-12-22-5-4-16(15)24-6-8-25(9-7-24)18(26)23-11-13-2-1-3-14(10-13)27-17(20)21/h1-5,10,12,17H,6-9,11H2,(H,23,26). The van der Waals surface area contributed by atoms with Gasteiger partial charge in [0.1, 0.15) is 5.75 Å². The molecule has 0 saturated carbocycles. The molecule has 6 nitrogen and oxygen atoms in total. The first kappa shape index (κ1) is 18.8. The van der Waals surface area contributed by atoms with Crippen molar-refractivity contribution >= 4 is 11.7 Å². The van der Waals surface area contributed by atoms with Crippen LogP contribution in [0.2, 0.25) is 0 Å². The number of aromatic nitrogens is 1. The number of nitrogens with zero attached hydrogens (tertiary/aromatic N) is 3. The third-order valence-corrected chi connectivity index (χ3v) is 4.23. The zero-order chi connectivity index (χ0) is 19.2. The number of pyridine rings is 1. The van der Waals surface area contributed by atoms with Crippen molar-refractivity contribution in [2.45, 2.75) is 13.2 Å². The minimum atomic E-state index is -2.89. The number of carbonyl (C=O) groups excluding carboxylic acids is 1. The molecule has 1 aliphatic heterocycles. The van der Waals surface area contributed by atoms with E-state index in [1.807, 2.05) is 4.90 Å². The van der Waals surface area contributed by atoms with Crippen LogP contribution in [0.3, 0.4) is 0 Å². The first-order valence-electron chi connectivity index (χ1n) is 8.44. The number of benzene rings is 1. The summed E-state index contributed by atoms with van der Waals surface area (Å²) < 4.78 is 42.7. The van der Waals surface area contributed by atoms with E-state index < -0.39 is 6.61 Å². The molecule has 2 heterocycles. The number of carbonyl (C=O) groups is 1. The summed E-state index contributed by atoms with van der Waals surface area (Å²) in [6.07, 6.45) is 2.70. The summed E-state index contributed by atoms with van der Waals surface area (Å²) in [5.41, 5.74) is 1.12. The molecule has 2 aromatic rings. The molecule has 0 bridgehead atoms. The molecule has 2 amide bonds. The Bertz CT molecular complexity index is 783. The average molecular weight is 380 g/mol. The quantitative estimate of drug-likeness (QED) is 0.867. The second-order valence-electron chi connectivity index (χ2n) is 5.99. The van der Waals surface area contributed by atoms with Gasteiger partial charge in [-0.15, -0.1) is 0 Å². The Hall–Kier alpha value is -2.97. The first-order valence-corrected chi connectivity index (χ1v) is 8.44. The van der Waals surface area contributed by atoms with Gasteiger partial charge in [0, 0.05) is 38.9 Å². The normalized spacial score (nSPS) is 14.4. The number of urea groups is 1. The maximum Gasteiger partial charge on any atom is 0.387 e. The van der Waals surface area contributed by atoms with Gasteiger partial charge in [0.15, 0.2) is 5.82 Å². The van der Waals surface area contributed by atoms with Crippen molar-refractivity contribution in [2.24, 2.45) is 0 Å². The van der Waals surface area contributed by atoms with Gasteiger partial charge in [-0.25, -0.2) is 9.18 Å². The fourth-order valence-corrected chi connectivity index (χ4v) is 2.90. The van der Waals surface area contributed by atoms with Crippen molar-refractivity contribution in [3.63, 3.8) is 0 Å². The van der Waals surface area contributed by atoms with Crippen LogP contribution in [0.4, 0.5) is 23.7 Å². The topological polar surface area (TPSA) is 57.7 Å². The Labute approximate surface area is 154 Å². The lowest BCUT2D eigenvalue weighted by Crippen LogP contribution is -2.51. The monoisotopic (exact) mass is 380 g/mol. The number of ether oxygens (including phenoxy) is 1. The Morgan fingerprint density at radius 1 is 1.22 bits per heavy atom. The summed E-state index contributed by atoms with van der Waals surface area (Å²) >= 11 is 0. The molecule has 0 unspecified atom stereocenters. The third kappa shape index (κ3) is 5.02. The highest BCUT2D eigenvalue weighted by Crippen LogP contribution is 2.19. The van der Waals surface area contributed by atoms with Crippen molar-refractivity contribution in [1.82, 2.24) is 15.2 Å². The van der Waals surface area contributed by atoms with E-state index in [0.717, 1.165) is 0 Å². The lowest BCUT2D eigenvalue weighted by Gasteiger charge is -2.36. The van der Waals surface area contributed by atoms with E-state index in [1.54, 1.807) is 23.1 Å². The van der Waals surface area contributed by atoms with Gasteiger partial charge in [0.05, 0.1) is 11.9 Å². The summed E-state index contributed by atoms with van der Waals surface area (Å²) in [4.78, 5) is 19.5. The number of nitrogens with one attached hydrogen (secondary N) is 1. The number of halogens is 3. The lowest BCUT2D eigenvalue weighted by molar-refractivity contribution is -0.0498. The van der Waals surface area contributed by atoms with Crippen LogP contribution >= 0.6 is 0 Å². The number of hydrogen-bond donors (Lipinski definition) is 1. The van der Waals surface area contributed by atoms with E-state index in [0.29, 0.717) is 37.4 Å². The number of rotatable bonds is 5. The Balaban J connectivity index is 1.49. The van der Waals surface area contributed by atoms with Crippen molar-refractivity contribution in [3.05, 3.63) is 54.1 Å². The molecule has 1 aliphatic rings. The molecule has 144 valence electrons. The smallest absolute Gasteiger partial charge is 0.387 e. The number of piperazine rings is 1. The molecule has 1 saturated heterocycles. The van der Waals surface area contributed by atoms with Gasteiger partial charge in [-0.2, -0.15) is 8.78 Å². The van der Waals surface area contributed by atoms with Gasteiger partial charge in [-0.3, -0.25) is 4.98 Å². The number of alkyl halides is 2. The third-order valence-electron chi connectivity index (χ3n) is 4.23. The van der Waals surface area contributed by atoms with E-state index in [-0.39, 0.29) is 24.1 Å². The number of anilines is 1. The van der Waals surface area contributed by atoms with Gasteiger partial charge < -0.3 is 19.9 Å². The van der Waals surface area contributed by atoms with Crippen molar-refractivity contribution in [1.29, 1.82) is 0 Å². The molecule has 0 aliphatic carbocycles. The molecule has 27 heavy (non-hydrogen) atoms. The maximum absolute atomic E-state index is 13.8. The summed E-state index contributed by atoms with van der Waals surface area (Å²) in [5.74, 6) is -0.342. The van der Waals surface area contributed by atoms with Gasteiger partial charge in [-0.05, 0) is 23.8 Å².